The quantitative estimate of drug-likeness (QED) is 0.867. The average molecular weight is 311 g/mol. The molecule has 0 spiro atoms. The highest BCUT2D eigenvalue weighted by Crippen LogP contribution is 2.42. The SMILES string of the molecule is CCNS(=O)(=O)Nc1ccc2c(c1)C(C)(C)C(=O)N2CC. The fraction of sp³-hybridized carbons (Fsp3) is 0.500. The fourth-order valence-corrected chi connectivity index (χ4v) is 3.48. The van der Waals surface area contributed by atoms with Crippen molar-refractivity contribution < 1.29 is 13.2 Å². The number of nitrogens with one attached hydrogen (secondary N) is 2. The van der Waals surface area contributed by atoms with E-state index >= 15 is 0 Å². The van der Waals surface area contributed by atoms with Gasteiger partial charge in [-0.2, -0.15) is 13.1 Å². The molecule has 0 bridgehead atoms. The fourth-order valence-electron chi connectivity index (χ4n) is 2.59. The van der Waals surface area contributed by atoms with Crippen LogP contribution in [0.15, 0.2) is 18.2 Å². The van der Waals surface area contributed by atoms with Crippen molar-refractivity contribution in [3.8, 4) is 0 Å². The van der Waals surface area contributed by atoms with Gasteiger partial charge in [-0.05, 0) is 44.5 Å². The van der Waals surface area contributed by atoms with Crippen molar-refractivity contribution in [3.05, 3.63) is 23.8 Å². The summed E-state index contributed by atoms with van der Waals surface area (Å²) in [6.45, 7) is 8.25. The number of rotatable bonds is 5. The van der Waals surface area contributed by atoms with Crippen molar-refractivity contribution in [1.29, 1.82) is 0 Å². The van der Waals surface area contributed by atoms with Gasteiger partial charge in [-0.3, -0.25) is 9.52 Å². The monoisotopic (exact) mass is 311 g/mol. The van der Waals surface area contributed by atoms with E-state index in [9.17, 15) is 13.2 Å². The number of likely N-dealkylation sites (N-methyl/N-ethyl adjacent to an activating group) is 1. The Morgan fingerprint density at radius 1 is 1.24 bits per heavy atom. The van der Waals surface area contributed by atoms with Crippen molar-refractivity contribution in [2.24, 2.45) is 0 Å². The molecule has 1 aromatic rings. The van der Waals surface area contributed by atoms with Gasteiger partial charge in [0.2, 0.25) is 5.91 Å². The molecule has 116 valence electrons. The van der Waals surface area contributed by atoms with Crippen LogP contribution in [0.3, 0.4) is 0 Å². The lowest BCUT2D eigenvalue weighted by Crippen LogP contribution is -2.35. The molecule has 0 aliphatic carbocycles. The lowest BCUT2D eigenvalue weighted by Gasteiger charge is -2.18. The van der Waals surface area contributed by atoms with Crippen LogP contribution < -0.4 is 14.3 Å². The van der Waals surface area contributed by atoms with Crippen molar-refractivity contribution in [2.45, 2.75) is 33.1 Å². The Hall–Kier alpha value is -1.60. The Kier molecular flexibility index (Phi) is 3.99. The minimum absolute atomic E-state index is 0.0340. The van der Waals surface area contributed by atoms with Gasteiger partial charge in [0.15, 0.2) is 0 Å². The maximum Gasteiger partial charge on any atom is 0.299 e. The molecule has 0 radical (unpaired) electrons. The van der Waals surface area contributed by atoms with Crippen LogP contribution in [-0.4, -0.2) is 27.4 Å². The van der Waals surface area contributed by atoms with E-state index in [0.717, 1.165) is 11.3 Å². The van der Waals surface area contributed by atoms with Gasteiger partial charge in [-0.1, -0.05) is 6.92 Å². The number of hydrogen-bond acceptors (Lipinski definition) is 3. The number of fused-ring (bicyclic) bond motifs is 1. The molecule has 2 N–H and O–H groups in total. The van der Waals surface area contributed by atoms with E-state index in [2.05, 4.69) is 9.44 Å². The van der Waals surface area contributed by atoms with Crippen molar-refractivity contribution in [2.75, 3.05) is 22.7 Å². The van der Waals surface area contributed by atoms with Crippen molar-refractivity contribution in [1.82, 2.24) is 4.72 Å². The van der Waals surface area contributed by atoms with Crippen LogP contribution in [0.25, 0.3) is 0 Å². The maximum absolute atomic E-state index is 12.4. The van der Waals surface area contributed by atoms with Gasteiger partial charge in [-0.25, -0.2) is 0 Å². The summed E-state index contributed by atoms with van der Waals surface area (Å²) in [4.78, 5) is 14.1. The summed E-state index contributed by atoms with van der Waals surface area (Å²) in [5.41, 5.74) is 1.49. The summed E-state index contributed by atoms with van der Waals surface area (Å²) >= 11 is 0. The third-order valence-corrected chi connectivity index (χ3v) is 4.82. The van der Waals surface area contributed by atoms with Crippen molar-refractivity contribution in [3.63, 3.8) is 0 Å². The molecular weight excluding hydrogens is 290 g/mol. The van der Waals surface area contributed by atoms with Gasteiger partial charge >= 0.3 is 0 Å². The second-order valence-corrected chi connectivity index (χ2v) is 7.01. The van der Waals surface area contributed by atoms with E-state index in [0.29, 0.717) is 18.8 Å². The van der Waals surface area contributed by atoms with Gasteiger partial charge < -0.3 is 4.90 Å². The number of anilines is 2. The highest BCUT2D eigenvalue weighted by Gasteiger charge is 2.43. The van der Waals surface area contributed by atoms with E-state index in [-0.39, 0.29) is 5.91 Å². The molecule has 7 heteroatoms. The molecule has 1 aliphatic rings. The maximum atomic E-state index is 12.4. The molecule has 0 saturated heterocycles. The van der Waals surface area contributed by atoms with Gasteiger partial charge in [-0.15, -0.1) is 0 Å². The summed E-state index contributed by atoms with van der Waals surface area (Å²) < 4.78 is 28.3. The Labute approximate surface area is 125 Å². The van der Waals surface area contributed by atoms with Gasteiger partial charge in [0.05, 0.1) is 11.1 Å². The first kappa shape index (κ1) is 15.8. The smallest absolute Gasteiger partial charge is 0.299 e. The summed E-state index contributed by atoms with van der Waals surface area (Å²) in [6, 6.07) is 5.19. The van der Waals surface area contributed by atoms with Crippen LogP contribution in [0.2, 0.25) is 0 Å². The molecule has 1 aliphatic heterocycles. The zero-order valence-electron chi connectivity index (χ0n) is 12.7. The van der Waals surface area contributed by atoms with Crippen LogP contribution in [0.4, 0.5) is 11.4 Å². The molecule has 21 heavy (non-hydrogen) atoms. The van der Waals surface area contributed by atoms with Crippen molar-refractivity contribution >= 4 is 27.5 Å². The summed E-state index contributed by atoms with van der Waals surface area (Å²) in [5.74, 6) is 0.0340. The second-order valence-electron chi connectivity index (χ2n) is 5.51. The first-order chi connectivity index (χ1) is 9.73. The Morgan fingerprint density at radius 2 is 1.90 bits per heavy atom. The van der Waals surface area contributed by atoms with Crippen LogP contribution >= 0.6 is 0 Å². The van der Waals surface area contributed by atoms with Gasteiger partial charge in [0.1, 0.15) is 0 Å². The third-order valence-electron chi connectivity index (χ3n) is 3.64. The summed E-state index contributed by atoms with van der Waals surface area (Å²) in [7, 11) is -3.57. The molecule has 1 aromatic carbocycles. The van der Waals surface area contributed by atoms with Gasteiger partial charge in [0, 0.05) is 18.8 Å². The number of carbonyl (C=O) groups excluding carboxylic acids is 1. The predicted molar refractivity (Wildman–Crippen MR) is 83.7 cm³/mol. The van der Waals surface area contributed by atoms with E-state index < -0.39 is 15.6 Å². The average Bonchev–Trinajstić information content (AvgIpc) is 2.57. The minimum atomic E-state index is -3.57. The molecule has 0 atom stereocenters. The highest BCUT2D eigenvalue weighted by atomic mass is 32.2. The number of carbonyl (C=O) groups is 1. The number of amides is 1. The normalized spacial score (nSPS) is 17.0. The van der Waals surface area contributed by atoms with Crippen LogP contribution in [0, 0.1) is 0 Å². The standard InChI is InChI=1S/C14H21N3O3S/c1-5-15-21(19,20)16-10-7-8-12-11(9-10)14(3,4)13(18)17(12)6-2/h7-9,15-16H,5-6H2,1-4H3. The van der Waals surface area contributed by atoms with Crippen LogP contribution in [0.5, 0.6) is 0 Å². The Morgan fingerprint density at radius 3 is 2.48 bits per heavy atom. The Bertz CT molecular complexity index is 668. The molecular formula is C14H21N3O3S. The van der Waals surface area contributed by atoms with E-state index in [4.69, 9.17) is 0 Å². The zero-order valence-corrected chi connectivity index (χ0v) is 13.5. The largest absolute Gasteiger partial charge is 0.312 e. The molecule has 6 nitrogen and oxygen atoms in total. The van der Waals surface area contributed by atoms with E-state index in [1.807, 2.05) is 20.8 Å². The van der Waals surface area contributed by atoms with Crippen LogP contribution in [0.1, 0.15) is 33.3 Å². The lowest BCUT2D eigenvalue weighted by molar-refractivity contribution is -0.122. The topological polar surface area (TPSA) is 78.5 Å². The first-order valence-corrected chi connectivity index (χ1v) is 8.45. The molecule has 0 saturated carbocycles. The first-order valence-electron chi connectivity index (χ1n) is 6.96. The van der Waals surface area contributed by atoms with E-state index in [1.54, 1.807) is 30.0 Å². The second kappa shape index (κ2) is 5.31. The molecule has 0 fully saturated rings. The molecule has 0 aromatic heterocycles. The summed E-state index contributed by atoms with van der Waals surface area (Å²) in [6.07, 6.45) is 0. The molecule has 0 unspecified atom stereocenters. The zero-order chi connectivity index (χ0) is 15.8. The highest BCUT2D eigenvalue weighted by molar-refractivity contribution is 7.90. The summed E-state index contributed by atoms with van der Waals surface area (Å²) in [5, 5.41) is 0. The number of hydrogen-bond donors (Lipinski definition) is 2. The predicted octanol–water partition coefficient (Wildman–Crippen LogP) is 1.60. The molecule has 2 rings (SSSR count). The van der Waals surface area contributed by atoms with E-state index in [1.165, 1.54) is 0 Å². The number of benzene rings is 1. The third kappa shape index (κ3) is 2.75. The Balaban J connectivity index is 2.41. The lowest BCUT2D eigenvalue weighted by atomic mass is 9.86. The molecule has 1 amide bonds. The minimum Gasteiger partial charge on any atom is -0.312 e. The van der Waals surface area contributed by atoms with Gasteiger partial charge in [0.25, 0.3) is 10.2 Å². The molecule has 1 heterocycles. The van der Waals surface area contributed by atoms with Crippen LogP contribution in [-0.2, 0) is 20.4 Å². The number of nitrogens with zero attached hydrogens (tertiary/aromatic N) is 1.